The third kappa shape index (κ3) is 6.81. The van der Waals surface area contributed by atoms with E-state index in [1.54, 1.807) is 6.08 Å². The average molecular weight is 166 g/mol. The van der Waals surface area contributed by atoms with Crippen LogP contribution in [-0.4, -0.2) is 12.6 Å². The summed E-state index contributed by atoms with van der Waals surface area (Å²) in [4.78, 5) is 10.5. The third-order valence-corrected chi connectivity index (χ3v) is 1.16. The molecule has 0 bridgehead atoms. The molecule has 2 heteroatoms. The molecule has 0 radical (unpaired) electrons. The van der Waals surface area contributed by atoms with E-state index in [1.807, 2.05) is 25.2 Å². The van der Waals surface area contributed by atoms with Crippen molar-refractivity contribution in [3.8, 4) is 0 Å². The van der Waals surface area contributed by atoms with Gasteiger partial charge in [0.05, 0.1) is 0 Å². The molecule has 0 atom stereocenters. The second kappa shape index (κ2) is 7.79. The maximum Gasteiger partial charge on any atom is 0.330 e. The van der Waals surface area contributed by atoms with Crippen LogP contribution in [0.25, 0.3) is 0 Å². The molecule has 0 spiro atoms. The number of hydrogen-bond donors (Lipinski definition) is 0. The van der Waals surface area contributed by atoms with Crippen LogP contribution in [0.15, 0.2) is 37.0 Å². The first-order chi connectivity index (χ1) is 5.81. The number of carbonyl (C=O) groups excluding carboxylic acids is 1. The lowest BCUT2D eigenvalue weighted by Gasteiger charge is -1.93. The van der Waals surface area contributed by atoms with Crippen LogP contribution < -0.4 is 0 Å². The van der Waals surface area contributed by atoms with E-state index in [4.69, 9.17) is 4.74 Å². The standard InChI is InChI=1S/C10H14O2/c1-3-5-6-7-8-9-12-10(11)4-2/h3-5,7-8H,2,6,9H2,1H3. The lowest BCUT2D eigenvalue weighted by molar-refractivity contribution is -0.136. The fourth-order valence-corrected chi connectivity index (χ4v) is 0.568. The van der Waals surface area contributed by atoms with Gasteiger partial charge in [-0.2, -0.15) is 0 Å². The van der Waals surface area contributed by atoms with Gasteiger partial charge in [0, 0.05) is 6.08 Å². The topological polar surface area (TPSA) is 26.3 Å². The van der Waals surface area contributed by atoms with E-state index >= 15 is 0 Å². The second-order valence-corrected chi connectivity index (χ2v) is 2.11. The molecule has 0 aromatic carbocycles. The summed E-state index contributed by atoms with van der Waals surface area (Å²) in [6.07, 6.45) is 9.77. The van der Waals surface area contributed by atoms with Crippen LogP contribution in [0.1, 0.15) is 13.3 Å². The lowest BCUT2D eigenvalue weighted by Crippen LogP contribution is -1.98. The van der Waals surface area contributed by atoms with E-state index in [2.05, 4.69) is 6.58 Å². The molecular weight excluding hydrogens is 152 g/mol. The molecular formula is C10H14O2. The number of rotatable bonds is 5. The molecule has 12 heavy (non-hydrogen) atoms. The minimum absolute atomic E-state index is 0.322. The van der Waals surface area contributed by atoms with E-state index in [1.165, 1.54) is 0 Å². The Bertz CT molecular complexity index is 190. The van der Waals surface area contributed by atoms with Gasteiger partial charge in [0.2, 0.25) is 0 Å². The summed E-state index contributed by atoms with van der Waals surface area (Å²) in [6.45, 7) is 5.56. The molecule has 0 unspecified atom stereocenters. The first-order valence-electron chi connectivity index (χ1n) is 3.86. The van der Waals surface area contributed by atoms with Crippen LogP contribution in [0, 0.1) is 0 Å². The smallest absolute Gasteiger partial charge is 0.330 e. The highest BCUT2D eigenvalue weighted by Crippen LogP contribution is 1.86. The fraction of sp³-hybridized carbons (Fsp3) is 0.300. The van der Waals surface area contributed by atoms with Crippen molar-refractivity contribution in [3.05, 3.63) is 37.0 Å². The van der Waals surface area contributed by atoms with Crippen LogP contribution in [0.4, 0.5) is 0 Å². The van der Waals surface area contributed by atoms with Crippen molar-refractivity contribution in [1.29, 1.82) is 0 Å². The molecule has 0 rings (SSSR count). The average Bonchev–Trinajstić information content (AvgIpc) is 2.10. The Morgan fingerprint density at radius 2 is 2.17 bits per heavy atom. The number of ether oxygens (including phenoxy) is 1. The fourth-order valence-electron chi connectivity index (χ4n) is 0.568. The SMILES string of the molecule is C=CC(=O)OCC=CCC=CC. The Balaban J connectivity index is 3.35. The number of hydrogen-bond acceptors (Lipinski definition) is 2. The predicted octanol–water partition coefficient (Wildman–Crippen LogP) is 2.24. The Hall–Kier alpha value is -1.31. The van der Waals surface area contributed by atoms with Crippen molar-refractivity contribution < 1.29 is 9.53 Å². The molecule has 0 aromatic rings. The molecule has 0 aromatic heterocycles. The Kier molecular flexibility index (Phi) is 6.94. The van der Waals surface area contributed by atoms with E-state index in [-0.39, 0.29) is 5.97 Å². The molecule has 0 aliphatic carbocycles. The lowest BCUT2D eigenvalue weighted by atomic mass is 10.3. The molecule has 2 nitrogen and oxygen atoms in total. The summed E-state index contributed by atoms with van der Waals surface area (Å²) in [5.74, 6) is -0.384. The maximum absolute atomic E-state index is 10.5. The number of esters is 1. The summed E-state index contributed by atoms with van der Waals surface area (Å²) in [5.41, 5.74) is 0. The van der Waals surface area contributed by atoms with Gasteiger partial charge < -0.3 is 4.74 Å². The highest BCUT2D eigenvalue weighted by molar-refractivity contribution is 5.81. The predicted molar refractivity (Wildman–Crippen MR) is 49.7 cm³/mol. The van der Waals surface area contributed by atoms with Gasteiger partial charge in [0.1, 0.15) is 6.61 Å². The van der Waals surface area contributed by atoms with E-state index in [9.17, 15) is 4.79 Å². The molecule has 0 aliphatic rings. The Morgan fingerprint density at radius 3 is 2.75 bits per heavy atom. The highest BCUT2D eigenvalue weighted by atomic mass is 16.5. The van der Waals surface area contributed by atoms with Crippen molar-refractivity contribution in [2.75, 3.05) is 6.61 Å². The van der Waals surface area contributed by atoms with Crippen molar-refractivity contribution in [3.63, 3.8) is 0 Å². The van der Waals surface area contributed by atoms with Crippen molar-refractivity contribution in [2.24, 2.45) is 0 Å². The van der Waals surface area contributed by atoms with Crippen LogP contribution in [-0.2, 0) is 9.53 Å². The van der Waals surface area contributed by atoms with Gasteiger partial charge in [0.25, 0.3) is 0 Å². The van der Waals surface area contributed by atoms with Gasteiger partial charge in [-0.3, -0.25) is 0 Å². The molecule has 66 valence electrons. The minimum atomic E-state index is -0.384. The second-order valence-electron chi connectivity index (χ2n) is 2.11. The van der Waals surface area contributed by atoms with Gasteiger partial charge >= 0.3 is 5.97 Å². The molecule has 0 aliphatic heterocycles. The Morgan fingerprint density at radius 1 is 1.42 bits per heavy atom. The van der Waals surface area contributed by atoms with Gasteiger partial charge in [-0.1, -0.05) is 30.9 Å². The van der Waals surface area contributed by atoms with Crippen molar-refractivity contribution >= 4 is 5.97 Å². The van der Waals surface area contributed by atoms with Crippen LogP contribution in [0.3, 0.4) is 0 Å². The minimum Gasteiger partial charge on any atom is -0.458 e. The molecule has 0 N–H and O–H groups in total. The van der Waals surface area contributed by atoms with Crippen LogP contribution in [0.5, 0.6) is 0 Å². The summed E-state index contributed by atoms with van der Waals surface area (Å²) >= 11 is 0. The van der Waals surface area contributed by atoms with Crippen molar-refractivity contribution in [2.45, 2.75) is 13.3 Å². The van der Waals surface area contributed by atoms with E-state index in [0.29, 0.717) is 6.61 Å². The third-order valence-electron chi connectivity index (χ3n) is 1.16. The van der Waals surface area contributed by atoms with E-state index in [0.717, 1.165) is 12.5 Å². The van der Waals surface area contributed by atoms with Crippen LogP contribution >= 0.6 is 0 Å². The maximum atomic E-state index is 10.5. The first-order valence-corrected chi connectivity index (χ1v) is 3.86. The summed E-state index contributed by atoms with van der Waals surface area (Å²) in [5, 5.41) is 0. The van der Waals surface area contributed by atoms with Gasteiger partial charge in [-0.05, 0) is 13.3 Å². The highest BCUT2D eigenvalue weighted by Gasteiger charge is 1.89. The summed E-state index contributed by atoms with van der Waals surface area (Å²) < 4.78 is 4.70. The van der Waals surface area contributed by atoms with Gasteiger partial charge in [-0.25, -0.2) is 4.79 Å². The van der Waals surface area contributed by atoms with Gasteiger partial charge in [-0.15, -0.1) is 0 Å². The summed E-state index contributed by atoms with van der Waals surface area (Å²) in [6, 6.07) is 0. The number of allylic oxidation sites excluding steroid dienone is 3. The molecule has 0 saturated carbocycles. The molecule has 0 amide bonds. The quantitative estimate of drug-likeness (QED) is 0.355. The molecule has 0 saturated heterocycles. The zero-order valence-corrected chi connectivity index (χ0v) is 7.32. The first kappa shape index (κ1) is 10.7. The normalized spacial score (nSPS) is 10.8. The zero-order chi connectivity index (χ0) is 9.23. The van der Waals surface area contributed by atoms with Gasteiger partial charge in [0.15, 0.2) is 0 Å². The van der Waals surface area contributed by atoms with E-state index < -0.39 is 0 Å². The monoisotopic (exact) mass is 166 g/mol. The summed E-state index contributed by atoms with van der Waals surface area (Å²) in [7, 11) is 0. The Labute approximate surface area is 73.2 Å². The largest absolute Gasteiger partial charge is 0.458 e. The molecule has 0 heterocycles. The molecule has 0 fully saturated rings. The van der Waals surface area contributed by atoms with Crippen molar-refractivity contribution in [1.82, 2.24) is 0 Å². The number of carbonyl (C=O) groups is 1. The van der Waals surface area contributed by atoms with Crippen LogP contribution in [0.2, 0.25) is 0 Å². The zero-order valence-electron chi connectivity index (χ0n) is 7.32.